The van der Waals surface area contributed by atoms with Crippen molar-refractivity contribution in [1.29, 1.82) is 0 Å². The predicted octanol–water partition coefficient (Wildman–Crippen LogP) is 0.603. The maximum Gasteiger partial charge on any atom is 0.250 e. The molecule has 0 aliphatic carbocycles. The van der Waals surface area contributed by atoms with E-state index in [1.54, 1.807) is 0 Å². The standard InChI is InChI=1S/C15H29N3O2/c1-13-5-4-9-18(12-13)8-3-2-6-17-15(19)14-11-16-7-10-20-14/h13-14,16H,2-12H2,1H3,(H,17,19)/t13?,14-/m1/s1. The van der Waals surface area contributed by atoms with E-state index in [0.29, 0.717) is 13.2 Å². The molecule has 0 bridgehead atoms. The zero-order valence-electron chi connectivity index (χ0n) is 12.7. The number of ether oxygens (including phenoxy) is 1. The van der Waals surface area contributed by atoms with Gasteiger partial charge in [0.2, 0.25) is 5.91 Å². The molecular formula is C15H29N3O2. The van der Waals surface area contributed by atoms with Crippen molar-refractivity contribution in [3.8, 4) is 0 Å². The molecule has 2 heterocycles. The van der Waals surface area contributed by atoms with Crippen molar-refractivity contribution in [2.75, 3.05) is 45.9 Å². The first-order valence-corrected chi connectivity index (χ1v) is 8.08. The number of unbranched alkanes of at least 4 members (excludes halogenated alkanes) is 1. The van der Waals surface area contributed by atoms with Crippen molar-refractivity contribution in [3.63, 3.8) is 0 Å². The quantitative estimate of drug-likeness (QED) is 0.701. The van der Waals surface area contributed by atoms with Gasteiger partial charge in [0.15, 0.2) is 0 Å². The van der Waals surface area contributed by atoms with Crippen LogP contribution in [0.1, 0.15) is 32.6 Å². The molecule has 2 aliphatic rings. The van der Waals surface area contributed by atoms with Crippen LogP contribution >= 0.6 is 0 Å². The minimum absolute atomic E-state index is 0.0313. The van der Waals surface area contributed by atoms with Crippen molar-refractivity contribution >= 4 is 5.91 Å². The van der Waals surface area contributed by atoms with Gasteiger partial charge in [0, 0.05) is 26.2 Å². The third kappa shape index (κ3) is 5.38. The van der Waals surface area contributed by atoms with Crippen molar-refractivity contribution < 1.29 is 9.53 Å². The number of hydrogen-bond acceptors (Lipinski definition) is 4. The largest absolute Gasteiger partial charge is 0.366 e. The Kier molecular flexibility index (Phi) is 6.76. The normalized spacial score (nSPS) is 28.2. The minimum atomic E-state index is -0.299. The van der Waals surface area contributed by atoms with Crippen molar-refractivity contribution in [2.45, 2.75) is 38.7 Å². The van der Waals surface area contributed by atoms with Gasteiger partial charge in [-0.3, -0.25) is 4.79 Å². The van der Waals surface area contributed by atoms with Crippen molar-refractivity contribution in [3.05, 3.63) is 0 Å². The second-order valence-corrected chi connectivity index (χ2v) is 6.11. The van der Waals surface area contributed by atoms with Crippen LogP contribution in [0.25, 0.3) is 0 Å². The van der Waals surface area contributed by atoms with Crippen molar-refractivity contribution in [1.82, 2.24) is 15.5 Å². The van der Waals surface area contributed by atoms with Crippen LogP contribution in [0.4, 0.5) is 0 Å². The molecule has 0 radical (unpaired) electrons. The van der Waals surface area contributed by atoms with Gasteiger partial charge in [0.25, 0.3) is 0 Å². The van der Waals surface area contributed by atoms with Crippen LogP contribution in [-0.2, 0) is 9.53 Å². The topological polar surface area (TPSA) is 53.6 Å². The van der Waals surface area contributed by atoms with Crippen LogP contribution < -0.4 is 10.6 Å². The fourth-order valence-corrected chi connectivity index (χ4v) is 3.01. The molecule has 2 rings (SSSR count). The summed E-state index contributed by atoms with van der Waals surface area (Å²) in [5.74, 6) is 0.878. The Morgan fingerprint density at radius 1 is 1.45 bits per heavy atom. The summed E-state index contributed by atoms with van der Waals surface area (Å²) in [6.07, 6.45) is 4.63. The summed E-state index contributed by atoms with van der Waals surface area (Å²) in [5, 5.41) is 6.15. The number of rotatable bonds is 6. The Balaban J connectivity index is 1.49. The molecule has 2 atom stereocenters. The SMILES string of the molecule is CC1CCCN(CCCCNC(=O)[C@H]2CNCCO2)C1. The average Bonchev–Trinajstić information content (AvgIpc) is 2.48. The number of hydrogen-bond donors (Lipinski definition) is 2. The molecular weight excluding hydrogens is 254 g/mol. The van der Waals surface area contributed by atoms with Gasteiger partial charge in [-0.25, -0.2) is 0 Å². The first-order chi connectivity index (χ1) is 9.75. The Morgan fingerprint density at radius 3 is 3.10 bits per heavy atom. The number of carbonyl (C=O) groups is 1. The molecule has 0 saturated carbocycles. The van der Waals surface area contributed by atoms with Gasteiger partial charge in [0.1, 0.15) is 6.10 Å². The van der Waals surface area contributed by atoms with E-state index < -0.39 is 0 Å². The lowest BCUT2D eigenvalue weighted by atomic mass is 10.0. The molecule has 2 fully saturated rings. The summed E-state index contributed by atoms with van der Waals surface area (Å²) in [5.41, 5.74) is 0. The van der Waals surface area contributed by atoms with Gasteiger partial charge in [-0.05, 0) is 44.7 Å². The Bertz CT molecular complexity index is 293. The van der Waals surface area contributed by atoms with E-state index in [1.165, 1.54) is 32.5 Å². The van der Waals surface area contributed by atoms with Gasteiger partial charge in [-0.15, -0.1) is 0 Å². The van der Waals surface area contributed by atoms with E-state index in [4.69, 9.17) is 4.74 Å². The number of piperidine rings is 1. The lowest BCUT2D eigenvalue weighted by Crippen LogP contribution is -2.48. The minimum Gasteiger partial charge on any atom is -0.366 e. The smallest absolute Gasteiger partial charge is 0.250 e. The maximum atomic E-state index is 11.8. The molecule has 1 amide bonds. The van der Waals surface area contributed by atoms with E-state index in [2.05, 4.69) is 22.5 Å². The highest BCUT2D eigenvalue weighted by Crippen LogP contribution is 2.15. The fraction of sp³-hybridized carbons (Fsp3) is 0.933. The zero-order valence-corrected chi connectivity index (χ0v) is 12.7. The van der Waals surface area contributed by atoms with Crippen LogP contribution in [-0.4, -0.2) is 62.8 Å². The monoisotopic (exact) mass is 283 g/mol. The molecule has 2 saturated heterocycles. The Hall–Kier alpha value is -0.650. The van der Waals surface area contributed by atoms with Crippen LogP contribution in [0, 0.1) is 5.92 Å². The van der Waals surface area contributed by atoms with Crippen molar-refractivity contribution in [2.24, 2.45) is 5.92 Å². The number of likely N-dealkylation sites (tertiary alicyclic amines) is 1. The molecule has 0 aromatic carbocycles. The number of morpholine rings is 1. The third-order valence-electron chi connectivity index (χ3n) is 4.16. The molecule has 20 heavy (non-hydrogen) atoms. The highest BCUT2D eigenvalue weighted by atomic mass is 16.5. The predicted molar refractivity (Wildman–Crippen MR) is 79.7 cm³/mol. The zero-order chi connectivity index (χ0) is 14.2. The Morgan fingerprint density at radius 2 is 2.35 bits per heavy atom. The second kappa shape index (κ2) is 8.60. The highest BCUT2D eigenvalue weighted by Gasteiger charge is 2.21. The van der Waals surface area contributed by atoms with E-state index >= 15 is 0 Å². The fourth-order valence-electron chi connectivity index (χ4n) is 3.01. The molecule has 0 spiro atoms. The average molecular weight is 283 g/mol. The number of nitrogens with one attached hydrogen (secondary N) is 2. The van der Waals surface area contributed by atoms with Gasteiger partial charge in [-0.2, -0.15) is 0 Å². The van der Waals surface area contributed by atoms with Gasteiger partial charge in [-0.1, -0.05) is 6.92 Å². The molecule has 116 valence electrons. The van der Waals surface area contributed by atoms with E-state index in [9.17, 15) is 4.79 Å². The lowest BCUT2D eigenvalue weighted by molar-refractivity contribution is -0.134. The summed E-state index contributed by atoms with van der Waals surface area (Å²) in [4.78, 5) is 14.4. The molecule has 0 aromatic rings. The summed E-state index contributed by atoms with van der Waals surface area (Å²) in [6.45, 7) is 8.88. The number of amides is 1. The van der Waals surface area contributed by atoms with E-state index in [-0.39, 0.29) is 12.0 Å². The van der Waals surface area contributed by atoms with Crippen LogP contribution in [0.2, 0.25) is 0 Å². The summed E-state index contributed by atoms with van der Waals surface area (Å²) in [7, 11) is 0. The molecule has 2 N–H and O–H groups in total. The first-order valence-electron chi connectivity index (χ1n) is 8.08. The summed E-state index contributed by atoms with van der Waals surface area (Å²) in [6, 6.07) is 0. The number of carbonyl (C=O) groups excluding carboxylic acids is 1. The number of nitrogens with zero attached hydrogens (tertiary/aromatic N) is 1. The second-order valence-electron chi connectivity index (χ2n) is 6.11. The highest BCUT2D eigenvalue weighted by molar-refractivity contribution is 5.81. The summed E-state index contributed by atoms with van der Waals surface area (Å²) < 4.78 is 5.42. The van der Waals surface area contributed by atoms with Crippen LogP contribution in [0.3, 0.4) is 0 Å². The van der Waals surface area contributed by atoms with E-state index in [1.807, 2.05) is 0 Å². The van der Waals surface area contributed by atoms with Crippen LogP contribution in [0.5, 0.6) is 0 Å². The molecule has 5 heteroatoms. The van der Waals surface area contributed by atoms with E-state index in [0.717, 1.165) is 31.8 Å². The van der Waals surface area contributed by atoms with Gasteiger partial charge in [0.05, 0.1) is 6.61 Å². The summed E-state index contributed by atoms with van der Waals surface area (Å²) >= 11 is 0. The third-order valence-corrected chi connectivity index (χ3v) is 4.16. The lowest BCUT2D eigenvalue weighted by Gasteiger charge is -2.30. The molecule has 5 nitrogen and oxygen atoms in total. The Labute approximate surface area is 122 Å². The van der Waals surface area contributed by atoms with Crippen LogP contribution in [0.15, 0.2) is 0 Å². The molecule has 1 unspecified atom stereocenters. The first kappa shape index (κ1) is 15.7. The maximum absolute atomic E-state index is 11.8. The van der Waals surface area contributed by atoms with Gasteiger partial charge >= 0.3 is 0 Å². The molecule has 2 aliphatic heterocycles. The van der Waals surface area contributed by atoms with Gasteiger partial charge < -0.3 is 20.3 Å². The molecule has 0 aromatic heterocycles.